The van der Waals surface area contributed by atoms with Crippen LogP contribution in [-0.4, -0.2) is 53.7 Å². The number of hydrogen-bond acceptors (Lipinski definition) is 4. The monoisotopic (exact) mass is 458 g/mol. The molecule has 0 fully saturated rings. The molecule has 20 heteroatoms. The second-order valence-corrected chi connectivity index (χ2v) is 4.00. The molecule has 0 aromatic rings. The summed E-state index contributed by atoms with van der Waals surface area (Å²) in [6, 6.07) is 0. The summed E-state index contributed by atoms with van der Waals surface area (Å²) in [4.78, 5) is 9.48. The number of nitrogens with one attached hydrogen (secondary N) is 1. The van der Waals surface area contributed by atoms with Crippen LogP contribution >= 0.6 is 0 Å². The standard InChI is InChI=1S/C4H3F7N2O.C4HF7O3/c2*5-2(6,1(12)13)3(7,8)14-4(9,10)11/h(H3,12,13);(H,12,13). The zero-order valence-electron chi connectivity index (χ0n) is 12.0. The zero-order chi connectivity index (χ0) is 23.6. The number of carboxylic acids is 1. The van der Waals surface area contributed by atoms with E-state index in [4.69, 9.17) is 10.5 Å². The molecule has 0 amide bonds. The van der Waals surface area contributed by atoms with Gasteiger partial charge in [0.1, 0.15) is 0 Å². The van der Waals surface area contributed by atoms with Crippen molar-refractivity contribution < 1.29 is 80.8 Å². The van der Waals surface area contributed by atoms with Crippen molar-refractivity contribution in [1.29, 1.82) is 5.41 Å². The van der Waals surface area contributed by atoms with Crippen LogP contribution in [0.15, 0.2) is 0 Å². The number of hydrogen-bond donors (Lipinski definition) is 3. The fraction of sp³-hybridized carbons (Fsp3) is 0.750. The lowest BCUT2D eigenvalue weighted by molar-refractivity contribution is -0.459. The number of rotatable bonds is 6. The molecule has 0 saturated carbocycles. The van der Waals surface area contributed by atoms with Crippen LogP contribution in [0.2, 0.25) is 0 Å². The van der Waals surface area contributed by atoms with Crippen molar-refractivity contribution in [2.45, 2.75) is 36.8 Å². The van der Waals surface area contributed by atoms with E-state index in [1.54, 1.807) is 4.74 Å². The molecule has 0 atom stereocenters. The molecular weight excluding hydrogens is 454 g/mol. The second kappa shape index (κ2) is 8.09. The highest BCUT2D eigenvalue weighted by Crippen LogP contribution is 2.40. The minimum atomic E-state index is -6.16. The van der Waals surface area contributed by atoms with Gasteiger partial charge in [0.15, 0.2) is 5.84 Å². The lowest BCUT2D eigenvalue weighted by Gasteiger charge is -2.25. The predicted molar refractivity (Wildman–Crippen MR) is 53.6 cm³/mol. The number of aliphatic carboxylic acids is 1. The molecule has 0 aliphatic heterocycles. The quantitative estimate of drug-likeness (QED) is 0.321. The van der Waals surface area contributed by atoms with Crippen molar-refractivity contribution in [3.63, 3.8) is 0 Å². The molecule has 0 bridgehead atoms. The van der Waals surface area contributed by atoms with Gasteiger partial charge in [-0.25, -0.2) is 14.3 Å². The van der Waals surface area contributed by atoms with Gasteiger partial charge in [0.05, 0.1) is 0 Å². The number of carboxylic acid groups (broad SMARTS) is 1. The second-order valence-electron chi connectivity index (χ2n) is 4.00. The highest BCUT2D eigenvalue weighted by Gasteiger charge is 2.68. The van der Waals surface area contributed by atoms with Crippen molar-refractivity contribution in [2.75, 3.05) is 0 Å². The zero-order valence-corrected chi connectivity index (χ0v) is 12.0. The maximum absolute atomic E-state index is 12.1. The van der Waals surface area contributed by atoms with Crippen LogP contribution < -0.4 is 5.73 Å². The Morgan fingerprint density at radius 3 is 1.11 bits per heavy atom. The molecule has 0 aromatic heterocycles. The van der Waals surface area contributed by atoms with Crippen molar-refractivity contribution in [2.24, 2.45) is 5.73 Å². The Kier molecular flexibility index (Phi) is 8.12. The summed E-state index contributed by atoms with van der Waals surface area (Å²) in [5.41, 5.74) is 3.98. The normalized spacial score (nSPS) is 14.2. The summed E-state index contributed by atoms with van der Waals surface area (Å²) < 4.78 is 166. The highest BCUT2D eigenvalue weighted by atomic mass is 19.4. The molecule has 0 saturated heterocycles. The average molecular weight is 458 g/mol. The third kappa shape index (κ3) is 7.86. The number of amidine groups is 1. The molecule has 6 nitrogen and oxygen atoms in total. The van der Waals surface area contributed by atoms with E-state index in [0.717, 1.165) is 0 Å². The van der Waals surface area contributed by atoms with Crippen LogP contribution in [0.25, 0.3) is 0 Å². The average Bonchev–Trinajstić information content (AvgIpc) is 2.32. The van der Waals surface area contributed by atoms with Gasteiger partial charge in [-0.15, -0.1) is 26.3 Å². The number of alkyl halides is 14. The van der Waals surface area contributed by atoms with E-state index in [1.807, 2.05) is 4.74 Å². The Labute approximate surface area is 142 Å². The van der Waals surface area contributed by atoms with Crippen LogP contribution in [0.1, 0.15) is 0 Å². The molecule has 0 spiro atoms. The highest BCUT2D eigenvalue weighted by molar-refractivity contribution is 5.85. The Hall–Kier alpha value is -2.12. The molecule has 0 aromatic carbocycles. The first-order chi connectivity index (χ1) is 11.8. The van der Waals surface area contributed by atoms with Gasteiger partial charge < -0.3 is 10.8 Å². The summed E-state index contributed by atoms with van der Waals surface area (Å²) >= 11 is 0. The Balaban J connectivity index is 0. The summed E-state index contributed by atoms with van der Waals surface area (Å²) in [5, 5.41) is 13.5. The predicted octanol–water partition coefficient (Wildman–Crippen LogP) is 3.52. The van der Waals surface area contributed by atoms with E-state index in [2.05, 4.69) is 5.73 Å². The van der Waals surface area contributed by atoms with Crippen LogP contribution in [-0.2, 0) is 14.3 Å². The SMILES string of the molecule is N=C(N)C(F)(F)C(F)(F)OC(F)(F)F.O=C(O)C(F)(F)C(F)(F)OC(F)(F)F. The third-order valence-corrected chi connectivity index (χ3v) is 1.83. The van der Waals surface area contributed by atoms with E-state index < -0.39 is 48.6 Å². The summed E-state index contributed by atoms with van der Waals surface area (Å²) in [6.07, 6.45) is -24.1. The summed E-state index contributed by atoms with van der Waals surface area (Å²) in [6.45, 7) is 0. The van der Waals surface area contributed by atoms with Gasteiger partial charge in [-0.3, -0.25) is 5.41 Å². The van der Waals surface area contributed by atoms with E-state index >= 15 is 0 Å². The van der Waals surface area contributed by atoms with Gasteiger partial charge in [-0.2, -0.15) is 35.1 Å². The molecule has 0 aliphatic carbocycles. The van der Waals surface area contributed by atoms with E-state index in [-0.39, 0.29) is 0 Å². The summed E-state index contributed by atoms with van der Waals surface area (Å²) in [5.74, 6) is -17.3. The van der Waals surface area contributed by atoms with Crippen molar-refractivity contribution >= 4 is 11.8 Å². The van der Waals surface area contributed by atoms with Gasteiger partial charge in [-0.1, -0.05) is 0 Å². The number of carbonyl (C=O) groups is 1. The van der Waals surface area contributed by atoms with Gasteiger partial charge in [0.25, 0.3) is 0 Å². The first kappa shape index (κ1) is 28.1. The van der Waals surface area contributed by atoms with Gasteiger partial charge in [0, 0.05) is 0 Å². The Bertz CT molecular complexity index is 519. The Morgan fingerprint density at radius 2 is 0.929 bits per heavy atom. The lowest BCUT2D eigenvalue weighted by Crippen LogP contribution is -2.53. The van der Waals surface area contributed by atoms with Crippen molar-refractivity contribution in [3.8, 4) is 0 Å². The summed E-state index contributed by atoms with van der Waals surface area (Å²) in [7, 11) is 0. The maximum Gasteiger partial charge on any atom is 0.527 e. The molecule has 4 N–H and O–H groups in total. The van der Waals surface area contributed by atoms with E-state index in [1.165, 1.54) is 0 Å². The lowest BCUT2D eigenvalue weighted by atomic mass is 10.3. The maximum atomic E-state index is 12.1. The minimum Gasteiger partial charge on any atom is -0.477 e. The first-order valence-corrected chi connectivity index (χ1v) is 5.43. The molecular formula is C8H4F14N2O4. The van der Waals surface area contributed by atoms with Gasteiger partial charge >= 0.3 is 42.8 Å². The van der Waals surface area contributed by atoms with Gasteiger partial charge in [0.2, 0.25) is 0 Å². The number of nitrogens with two attached hydrogens (primary N) is 1. The van der Waals surface area contributed by atoms with Crippen molar-refractivity contribution in [3.05, 3.63) is 0 Å². The Morgan fingerprint density at radius 1 is 0.679 bits per heavy atom. The van der Waals surface area contributed by atoms with Crippen molar-refractivity contribution in [1.82, 2.24) is 0 Å². The molecule has 0 heterocycles. The molecule has 0 aliphatic rings. The van der Waals surface area contributed by atoms with Gasteiger partial charge in [-0.05, 0) is 0 Å². The minimum absolute atomic E-state index is 1.69. The molecule has 168 valence electrons. The number of ether oxygens (including phenoxy) is 2. The van der Waals surface area contributed by atoms with E-state index in [9.17, 15) is 66.3 Å². The fourth-order valence-corrected chi connectivity index (χ4v) is 0.700. The van der Waals surface area contributed by atoms with Crippen LogP contribution in [0.5, 0.6) is 0 Å². The van der Waals surface area contributed by atoms with Crippen LogP contribution in [0, 0.1) is 5.41 Å². The van der Waals surface area contributed by atoms with Crippen LogP contribution in [0.4, 0.5) is 61.5 Å². The van der Waals surface area contributed by atoms with Crippen LogP contribution in [0.3, 0.4) is 0 Å². The molecule has 0 unspecified atom stereocenters. The molecule has 0 radical (unpaired) electrons. The smallest absolute Gasteiger partial charge is 0.477 e. The topological polar surface area (TPSA) is 106 Å². The third-order valence-electron chi connectivity index (χ3n) is 1.83. The first-order valence-electron chi connectivity index (χ1n) is 5.43. The largest absolute Gasteiger partial charge is 0.527 e. The fourth-order valence-electron chi connectivity index (χ4n) is 0.700. The molecule has 28 heavy (non-hydrogen) atoms. The number of halogens is 14. The molecule has 0 rings (SSSR count). The van der Waals surface area contributed by atoms with E-state index in [0.29, 0.717) is 0 Å².